The Morgan fingerprint density at radius 2 is 2.07 bits per heavy atom. The van der Waals surface area contributed by atoms with E-state index in [1.807, 2.05) is 31.2 Å². The Morgan fingerprint density at radius 1 is 1.27 bits per heavy atom. The average Bonchev–Trinajstić information content (AvgIpc) is 2.75. The second-order valence-corrected chi connectivity index (χ2v) is 3.73. The molecule has 80 valence electrons. The van der Waals surface area contributed by atoms with Gasteiger partial charge < -0.3 is 0 Å². The molecule has 1 nitrogen and oxygen atoms in total. The third-order valence-corrected chi connectivity index (χ3v) is 2.37. The second kappa shape index (κ2) is 7.53. The first-order valence-corrected chi connectivity index (χ1v) is 5.90. The third kappa shape index (κ3) is 4.52. The summed E-state index contributed by atoms with van der Waals surface area (Å²) in [6.07, 6.45) is 5.43. The fraction of sp³-hybridized carbons (Fsp3) is 0.417. The van der Waals surface area contributed by atoms with Crippen LogP contribution >= 0.6 is 11.6 Å². The standard InChI is InChI=1S/C7H5BO.C5H11Cl/c1-2-4-7-6(3-1)8-5-9-7;1-2-3-4-5-6/h1-5H;2-5H2,1H3. The summed E-state index contributed by atoms with van der Waals surface area (Å²) in [6, 6.07) is 7.94. The van der Waals surface area contributed by atoms with Crippen LogP contribution < -0.4 is 0 Å². The molecule has 2 rings (SSSR count). The molecule has 15 heavy (non-hydrogen) atoms. The van der Waals surface area contributed by atoms with E-state index in [0.29, 0.717) is 0 Å². The molecule has 0 radical (unpaired) electrons. The molecule has 0 saturated carbocycles. The van der Waals surface area contributed by atoms with Gasteiger partial charge in [-0.1, -0.05) is 19.8 Å². The third-order valence-electron chi connectivity index (χ3n) is 2.10. The minimum absolute atomic E-state index is 0.827. The van der Waals surface area contributed by atoms with E-state index in [9.17, 15) is 0 Å². The molecule has 1 heterocycles. The van der Waals surface area contributed by atoms with Crippen molar-refractivity contribution in [1.82, 2.24) is 0 Å². The summed E-state index contributed by atoms with van der Waals surface area (Å²) in [7, 11) is 0. The molecule has 0 bridgehead atoms. The van der Waals surface area contributed by atoms with Crippen LogP contribution in [0.4, 0.5) is 0 Å². The van der Waals surface area contributed by atoms with E-state index in [1.165, 1.54) is 19.3 Å². The summed E-state index contributed by atoms with van der Waals surface area (Å²) in [6.45, 7) is 4.13. The van der Waals surface area contributed by atoms with Crippen LogP contribution in [0.3, 0.4) is 0 Å². The molecule has 0 aliphatic heterocycles. The molecular weight excluding hydrogens is 206 g/mol. The Kier molecular flexibility index (Phi) is 6.18. The van der Waals surface area contributed by atoms with Gasteiger partial charge in [0.25, 0.3) is 0 Å². The van der Waals surface area contributed by atoms with Gasteiger partial charge in [0, 0.05) is 5.88 Å². The summed E-state index contributed by atoms with van der Waals surface area (Å²) >= 11 is 5.38. The van der Waals surface area contributed by atoms with Crippen molar-refractivity contribution in [3.8, 4) is 0 Å². The van der Waals surface area contributed by atoms with Crippen LogP contribution in [-0.4, -0.2) is 12.8 Å². The minimum atomic E-state index is 0.827. The van der Waals surface area contributed by atoms with Crippen LogP contribution in [0.2, 0.25) is 0 Å². The Labute approximate surface area is 96.6 Å². The van der Waals surface area contributed by atoms with Crippen molar-refractivity contribution < 1.29 is 4.42 Å². The number of rotatable bonds is 3. The fourth-order valence-corrected chi connectivity index (χ4v) is 1.44. The van der Waals surface area contributed by atoms with Gasteiger partial charge in [0.15, 0.2) is 0 Å². The molecule has 0 fully saturated rings. The zero-order chi connectivity index (χ0) is 10.9. The number of para-hydroxylation sites is 1. The maximum atomic E-state index is 5.38. The number of unbranched alkanes of at least 4 members (excludes halogenated alkanes) is 2. The van der Waals surface area contributed by atoms with E-state index >= 15 is 0 Å². The number of hydrogen-bond acceptors (Lipinski definition) is 1. The van der Waals surface area contributed by atoms with Crippen molar-refractivity contribution in [1.29, 1.82) is 0 Å². The number of fused-ring (bicyclic) bond motifs is 1. The Balaban J connectivity index is 0.000000167. The Hall–Kier alpha value is -0.755. The van der Waals surface area contributed by atoms with E-state index < -0.39 is 0 Å². The Bertz CT molecular complexity index is 338. The zero-order valence-corrected chi connectivity index (χ0v) is 9.83. The summed E-state index contributed by atoms with van der Waals surface area (Å²) in [5.74, 6) is 0.827. The topological polar surface area (TPSA) is 13.1 Å². The predicted octanol–water partition coefficient (Wildman–Crippen LogP) is 4.19. The summed E-state index contributed by atoms with van der Waals surface area (Å²) in [4.78, 5) is 0. The van der Waals surface area contributed by atoms with Crippen molar-refractivity contribution in [2.45, 2.75) is 26.2 Å². The van der Waals surface area contributed by atoms with E-state index in [4.69, 9.17) is 16.0 Å². The van der Waals surface area contributed by atoms with Gasteiger partial charge in [-0.15, -0.1) is 11.6 Å². The van der Waals surface area contributed by atoms with Crippen molar-refractivity contribution in [3.63, 3.8) is 0 Å². The van der Waals surface area contributed by atoms with Gasteiger partial charge >= 0.3 is 52.6 Å². The molecule has 0 amide bonds. The zero-order valence-electron chi connectivity index (χ0n) is 9.08. The first kappa shape index (κ1) is 12.3. The van der Waals surface area contributed by atoms with Gasteiger partial charge in [0.1, 0.15) is 0 Å². The molecule has 0 spiro atoms. The summed E-state index contributed by atoms with van der Waals surface area (Å²) < 4.78 is 5.12. The van der Waals surface area contributed by atoms with Crippen molar-refractivity contribution >= 4 is 29.4 Å². The van der Waals surface area contributed by atoms with Crippen molar-refractivity contribution in [2.75, 3.05) is 5.88 Å². The Morgan fingerprint density at radius 3 is 2.67 bits per heavy atom. The van der Waals surface area contributed by atoms with Crippen molar-refractivity contribution in [2.24, 2.45) is 0 Å². The molecule has 0 saturated heterocycles. The second-order valence-electron chi connectivity index (χ2n) is 3.35. The number of halogens is 1. The SMILES string of the molecule is CCCCCCl.b1coc2ccccc12. The van der Waals surface area contributed by atoms with Gasteiger partial charge in [-0.05, 0) is 6.42 Å². The summed E-state index contributed by atoms with van der Waals surface area (Å²) in [5, 5.41) is 1.16. The van der Waals surface area contributed by atoms with Gasteiger partial charge in [0.05, 0.1) is 0 Å². The molecule has 1 aromatic heterocycles. The van der Waals surface area contributed by atoms with Crippen LogP contribution in [0.1, 0.15) is 26.2 Å². The fourth-order valence-electron chi connectivity index (χ4n) is 1.25. The maximum absolute atomic E-state index is 5.38. The molecule has 1 aromatic carbocycles. The first-order chi connectivity index (χ1) is 7.38. The molecule has 2 aromatic rings. The quantitative estimate of drug-likeness (QED) is 0.561. The summed E-state index contributed by atoms with van der Waals surface area (Å²) in [5.41, 5.74) is 0.956. The number of alkyl halides is 1. The number of benzene rings is 1. The van der Waals surface area contributed by atoms with Gasteiger partial charge in [-0.2, -0.15) is 0 Å². The van der Waals surface area contributed by atoms with Crippen LogP contribution in [0.5, 0.6) is 0 Å². The van der Waals surface area contributed by atoms with Gasteiger partial charge in [-0.25, -0.2) is 0 Å². The predicted molar refractivity (Wildman–Crippen MR) is 67.8 cm³/mol. The molecule has 0 aliphatic rings. The van der Waals surface area contributed by atoms with E-state index in [1.54, 1.807) is 6.16 Å². The normalized spacial score (nSPS) is 9.47. The first-order valence-electron chi connectivity index (χ1n) is 5.36. The molecular formula is C12H16BClO. The molecule has 0 aliphatic carbocycles. The molecule has 0 atom stereocenters. The van der Waals surface area contributed by atoms with Crippen LogP contribution in [0.15, 0.2) is 34.8 Å². The van der Waals surface area contributed by atoms with Crippen molar-refractivity contribution in [3.05, 3.63) is 30.4 Å². The average molecular weight is 223 g/mol. The van der Waals surface area contributed by atoms with Gasteiger partial charge in [0.2, 0.25) is 0 Å². The van der Waals surface area contributed by atoms with Crippen LogP contribution in [0, 0.1) is 0 Å². The number of hydrogen-bond donors (Lipinski definition) is 0. The monoisotopic (exact) mass is 222 g/mol. The molecule has 0 unspecified atom stereocenters. The molecule has 0 N–H and O–H groups in total. The van der Waals surface area contributed by atoms with Crippen LogP contribution in [0.25, 0.3) is 10.9 Å². The molecule has 3 heteroatoms. The van der Waals surface area contributed by atoms with E-state index in [2.05, 4.69) is 6.92 Å². The van der Waals surface area contributed by atoms with Gasteiger partial charge in [-0.3, -0.25) is 0 Å². The van der Waals surface area contributed by atoms with E-state index in [0.717, 1.165) is 16.7 Å². The van der Waals surface area contributed by atoms with Crippen LogP contribution in [-0.2, 0) is 0 Å². The van der Waals surface area contributed by atoms with E-state index in [-0.39, 0.29) is 0 Å².